The van der Waals surface area contributed by atoms with Gasteiger partial charge in [-0.3, -0.25) is 4.98 Å². The molecule has 4 aromatic carbocycles. The number of para-hydroxylation sites is 4. The van der Waals surface area contributed by atoms with Crippen LogP contribution in [0.25, 0.3) is 66.3 Å². The van der Waals surface area contributed by atoms with Crippen LogP contribution in [-0.2, 0) is 6.18 Å². The third-order valence-corrected chi connectivity index (χ3v) is 6.59. The maximum atomic E-state index is 13.0. The first kappa shape index (κ1) is 20.8. The zero-order chi connectivity index (χ0) is 24.4. The maximum Gasteiger partial charge on any atom is 0.417 e. The van der Waals surface area contributed by atoms with Gasteiger partial charge in [0.1, 0.15) is 22.3 Å². The van der Waals surface area contributed by atoms with Gasteiger partial charge in [-0.15, -0.1) is 0 Å². The quantitative estimate of drug-likeness (QED) is 0.248. The fourth-order valence-corrected chi connectivity index (χ4v) is 4.91. The van der Waals surface area contributed by atoms with Crippen molar-refractivity contribution >= 4 is 43.9 Å². The van der Waals surface area contributed by atoms with Crippen LogP contribution in [0.4, 0.5) is 13.2 Å². The Morgan fingerprint density at radius 3 is 1.72 bits per heavy atom. The molecule has 0 aliphatic carbocycles. The first-order valence-corrected chi connectivity index (χ1v) is 11.4. The van der Waals surface area contributed by atoms with E-state index in [-0.39, 0.29) is 0 Å². The van der Waals surface area contributed by atoms with Gasteiger partial charge in [-0.25, -0.2) is 0 Å². The van der Waals surface area contributed by atoms with Crippen LogP contribution in [0.15, 0.2) is 106 Å². The van der Waals surface area contributed by atoms with Gasteiger partial charge in [0.25, 0.3) is 0 Å². The summed E-state index contributed by atoms with van der Waals surface area (Å²) in [7, 11) is 0. The second kappa shape index (κ2) is 7.46. The number of rotatable bonds is 2. The van der Waals surface area contributed by atoms with Crippen molar-refractivity contribution in [3.05, 3.63) is 103 Å². The number of pyridine rings is 1. The highest BCUT2D eigenvalue weighted by atomic mass is 19.4. The van der Waals surface area contributed by atoms with E-state index in [0.717, 1.165) is 56.1 Å². The molecule has 0 fully saturated rings. The third-order valence-electron chi connectivity index (χ3n) is 6.59. The molecule has 0 bridgehead atoms. The van der Waals surface area contributed by atoms with Crippen molar-refractivity contribution in [1.29, 1.82) is 0 Å². The highest BCUT2D eigenvalue weighted by Gasteiger charge is 2.31. The van der Waals surface area contributed by atoms with Crippen molar-refractivity contribution in [3.8, 4) is 22.4 Å². The Balaban J connectivity index is 1.47. The van der Waals surface area contributed by atoms with E-state index in [1.54, 1.807) is 6.07 Å². The summed E-state index contributed by atoms with van der Waals surface area (Å²) in [6.07, 6.45) is -3.59. The zero-order valence-corrected chi connectivity index (χ0v) is 18.6. The summed E-state index contributed by atoms with van der Waals surface area (Å²) in [4.78, 5) is 4.09. The lowest BCUT2D eigenvalue weighted by Crippen LogP contribution is -2.05. The number of aromatic nitrogens is 1. The van der Waals surface area contributed by atoms with Gasteiger partial charge in [-0.05, 0) is 24.3 Å². The van der Waals surface area contributed by atoms with E-state index < -0.39 is 11.7 Å². The maximum absolute atomic E-state index is 13.0. The Hall–Kier alpha value is -4.58. The molecule has 0 aliphatic rings. The van der Waals surface area contributed by atoms with Gasteiger partial charge >= 0.3 is 6.18 Å². The topological polar surface area (TPSA) is 39.2 Å². The van der Waals surface area contributed by atoms with Crippen LogP contribution < -0.4 is 0 Å². The van der Waals surface area contributed by atoms with Crippen LogP contribution in [0.5, 0.6) is 0 Å². The molecule has 36 heavy (non-hydrogen) atoms. The van der Waals surface area contributed by atoms with Crippen molar-refractivity contribution in [2.45, 2.75) is 6.18 Å². The molecular weight excluding hydrogens is 463 g/mol. The van der Waals surface area contributed by atoms with Crippen LogP contribution in [0.2, 0.25) is 0 Å². The van der Waals surface area contributed by atoms with Crippen molar-refractivity contribution in [2.24, 2.45) is 0 Å². The predicted molar refractivity (Wildman–Crippen MR) is 135 cm³/mol. The number of alkyl halides is 3. The van der Waals surface area contributed by atoms with Gasteiger partial charge < -0.3 is 8.83 Å². The Bertz CT molecular complexity index is 1930. The van der Waals surface area contributed by atoms with Gasteiger partial charge in [-0.1, -0.05) is 66.7 Å². The van der Waals surface area contributed by atoms with E-state index in [2.05, 4.69) is 4.98 Å². The average Bonchev–Trinajstić information content (AvgIpc) is 3.47. The first-order chi connectivity index (χ1) is 17.5. The Morgan fingerprint density at radius 1 is 0.528 bits per heavy atom. The van der Waals surface area contributed by atoms with Crippen LogP contribution in [-0.4, -0.2) is 4.98 Å². The predicted octanol–water partition coefficient (Wildman–Crippen LogP) is 9.23. The molecule has 0 aliphatic heterocycles. The molecule has 0 saturated heterocycles. The fourth-order valence-electron chi connectivity index (χ4n) is 4.91. The smallest absolute Gasteiger partial charge is 0.417 e. The summed E-state index contributed by atoms with van der Waals surface area (Å²) < 4.78 is 51.8. The molecule has 3 aromatic heterocycles. The second-order valence-corrected chi connectivity index (χ2v) is 8.68. The highest BCUT2D eigenvalue weighted by molar-refractivity contribution is 6.16. The van der Waals surface area contributed by atoms with E-state index in [1.165, 1.54) is 6.07 Å². The first-order valence-electron chi connectivity index (χ1n) is 11.4. The number of hydrogen-bond acceptors (Lipinski definition) is 3. The van der Waals surface area contributed by atoms with Crippen molar-refractivity contribution in [2.75, 3.05) is 0 Å². The van der Waals surface area contributed by atoms with E-state index in [0.29, 0.717) is 22.4 Å². The van der Waals surface area contributed by atoms with Gasteiger partial charge in [0.05, 0.1) is 11.3 Å². The lowest BCUT2D eigenvalue weighted by molar-refractivity contribution is -0.137. The number of hydrogen-bond donors (Lipinski definition) is 0. The number of halogens is 3. The van der Waals surface area contributed by atoms with E-state index >= 15 is 0 Å². The van der Waals surface area contributed by atoms with Gasteiger partial charge in [0.15, 0.2) is 0 Å². The Morgan fingerprint density at radius 2 is 1.08 bits per heavy atom. The summed E-state index contributed by atoms with van der Waals surface area (Å²) in [6, 6.07) is 27.9. The Kier molecular flexibility index (Phi) is 4.30. The Labute approximate surface area is 202 Å². The standard InChI is InChI=1S/C30H16F3NO2/c31-30(32,33)17-14-15-25(34-16-17)24-12-5-11-23-22-10-4-9-21(28(22)36-29(23)24)20-8-3-7-19-18-6-1-2-13-26(18)35-27(19)20/h1-16H. The number of furan rings is 2. The minimum absolute atomic E-state index is 0.411. The molecule has 7 rings (SSSR count). The van der Waals surface area contributed by atoms with Crippen molar-refractivity contribution in [1.82, 2.24) is 4.98 Å². The largest absolute Gasteiger partial charge is 0.455 e. The fraction of sp³-hybridized carbons (Fsp3) is 0.0333. The molecule has 7 aromatic rings. The zero-order valence-electron chi connectivity index (χ0n) is 18.6. The molecule has 0 amide bonds. The molecule has 0 radical (unpaired) electrons. The highest BCUT2D eigenvalue weighted by Crippen LogP contribution is 2.42. The van der Waals surface area contributed by atoms with Gasteiger partial charge in [-0.2, -0.15) is 13.2 Å². The molecule has 6 heteroatoms. The lowest BCUT2D eigenvalue weighted by atomic mass is 9.99. The molecule has 174 valence electrons. The molecule has 0 unspecified atom stereocenters. The van der Waals surface area contributed by atoms with Crippen LogP contribution in [0.3, 0.4) is 0 Å². The summed E-state index contributed by atoms with van der Waals surface area (Å²) in [5.74, 6) is 0. The number of fused-ring (bicyclic) bond motifs is 6. The van der Waals surface area contributed by atoms with Gasteiger partial charge in [0, 0.05) is 44.4 Å². The van der Waals surface area contributed by atoms with Gasteiger partial charge in [0.2, 0.25) is 0 Å². The van der Waals surface area contributed by atoms with Crippen LogP contribution in [0, 0.1) is 0 Å². The summed E-state index contributed by atoms with van der Waals surface area (Å²) >= 11 is 0. The van der Waals surface area contributed by atoms with E-state index in [1.807, 2.05) is 72.8 Å². The van der Waals surface area contributed by atoms with Crippen molar-refractivity contribution in [3.63, 3.8) is 0 Å². The summed E-state index contributed by atoms with van der Waals surface area (Å²) in [5.41, 5.74) is 4.87. The number of nitrogens with zero attached hydrogens (tertiary/aromatic N) is 1. The van der Waals surface area contributed by atoms with E-state index in [9.17, 15) is 13.2 Å². The molecule has 0 saturated carbocycles. The molecule has 0 N–H and O–H groups in total. The normalized spacial score (nSPS) is 12.3. The lowest BCUT2D eigenvalue weighted by Gasteiger charge is -2.07. The number of benzene rings is 4. The van der Waals surface area contributed by atoms with Crippen LogP contribution in [0.1, 0.15) is 5.56 Å². The van der Waals surface area contributed by atoms with Crippen LogP contribution >= 0.6 is 0 Å². The van der Waals surface area contributed by atoms with Crippen molar-refractivity contribution < 1.29 is 22.0 Å². The molecule has 3 heterocycles. The van der Waals surface area contributed by atoms with E-state index in [4.69, 9.17) is 8.83 Å². The molecule has 0 atom stereocenters. The molecular formula is C30H16F3NO2. The summed E-state index contributed by atoms with van der Waals surface area (Å²) in [5, 5.41) is 3.83. The monoisotopic (exact) mass is 479 g/mol. The third kappa shape index (κ3) is 3.04. The molecule has 0 spiro atoms. The summed E-state index contributed by atoms with van der Waals surface area (Å²) in [6.45, 7) is 0. The minimum atomic E-state index is -4.44. The molecule has 3 nitrogen and oxygen atoms in total. The average molecular weight is 479 g/mol. The SMILES string of the molecule is FC(F)(F)c1ccc(-c2cccc3c2oc2c(-c4cccc5c4oc4ccccc45)cccc23)nc1. The minimum Gasteiger partial charge on any atom is -0.455 e. The second-order valence-electron chi connectivity index (χ2n) is 8.68.